The van der Waals surface area contributed by atoms with Crippen LogP contribution in [0.4, 0.5) is 0 Å². The molecule has 0 saturated carbocycles. The lowest BCUT2D eigenvalue weighted by Crippen LogP contribution is -2.30. The molecule has 0 aromatic heterocycles. The Hall–Kier alpha value is -2.71. The Labute approximate surface area is 315 Å². The number of alkyl halides is 2. The van der Waals surface area contributed by atoms with E-state index in [1.807, 2.05) is 20.8 Å². The number of esters is 5. The van der Waals surface area contributed by atoms with Crippen LogP contribution in [-0.4, -0.2) is 104 Å². The van der Waals surface area contributed by atoms with Crippen molar-refractivity contribution in [2.75, 3.05) is 53.9 Å². The number of hydrogen-bond acceptors (Lipinski definition) is 13. The third-order valence-corrected chi connectivity index (χ3v) is 7.02. The second-order valence-corrected chi connectivity index (χ2v) is 12.0. The van der Waals surface area contributed by atoms with Crippen molar-refractivity contribution in [2.24, 2.45) is 17.8 Å². The Morgan fingerprint density at radius 2 is 0.980 bits per heavy atom. The molecular formula is C36H64Cl2O13. The topological polar surface area (TPSA) is 192 Å². The summed E-state index contributed by atoms with van der Waals surface area (Å²) in [7, 11) is 2.50. The molecule has 0 fully saturated rings. The summed E-state index contributed by atoms with van der Waals surface area (Å²) in [4.78, 5) is 56.9. The number of methoxy groups -OCH3 is 2. The summed E-state index contributed by atoms with van der Waals surface area (Å²) in [6, 6.07) is 0. The number of unbranched alkanes of at least 4 members (excludes halogenated alkanes) is 3. The van der Waals surface area contributed by atoms with Gasteiger partial charge in [0.2, 0.25) is 4.84 Å². The van der Waals surface area contributed by atoms with E-state index < -0.39 is 46.5 Å². The highest BCUT2D eigenvalue weighted by Crippen LogP contribution is 2.28. The second-order valence-electron chi connectivity index (χ2n) is 10.9. The van der Waals surface area contributed by atoms with Gasteiger partial charge in [-0.1, -0.05) is 75.9 Å². The van der Waals surface area contributed by atoms with Gasteiger partial charge in [-0.2, -0.15) is 0 Å². The van der Waals surface area contributed by atoms with Crippen molar-refractivity contribution in [3.8, 4) is 0 Å². The fraction of sp³-hybridized carbons (Fsp3) is 0.750. The molecule has 2 atom stereocenters. The molecule has 15 heteroatoms. The highest BCUT2D eigenvalue weighted by Gasteiger charge is 2.33. The van der Waals surface area contributed by atoms with E-state index in [-0.39, 0.29) is 38.6 Å². The first-order chi connectivity index (χ1) is 24.3. The first kappa shape index (κ1) is 55.1. The first-order valence-electron chi connectivity index (χ1n) is 17.3. The molecule has 0 aliphatic rings. The number of carbonyl (C=O) groups is 5. The molecule has 300 valence electrons. The van der Waals surface area contributed by atoms with Gasteiger partial charge in [0.05, 0.1) is 58.4 Å². The van der Waals surface area contributed by atoms with E-state index >= 15 is 0 Å². The van der Waals surface area contributed by atoms with Gasteiger partial charge in [-0.15, -0.1) is 6.58 Å². The van der Waals surface area contributed by atoms with Crippen LogP contribution in [0.2, 0.25) is 0 Å². The summed E-state index contributed by atoms with van der Waals surface area (Å²) < 4.78 is 24.4. The lowest BCUT2D eigenvalue weighted by molar-refractivity contribution is -0.154. The lowest BCUT2D eigenvalue weighted by atomic mass is 9.83. The Morgan fingerprint density at radius 1 is 0.608 bits per heavy atom. The van der Waals surface area contributed by atoms with Gasteiger partial charge in [-0.3, -0.25) is 14.4 Å². The standard InChI is InChI=1S/C23H42O8.C7H12O2.C3H4Cl2O2.C3H6O/c1-4-6-14-30-22(27)18(10-8-12-24)16-20(21(26)29-3)17-19(11-9-13-25)23(28)31-15-7-5-2;1-3-5-6-9-7(8)4-2;1-7-3(6)2(4)5;1-2-3-4/h18-20,24-25H,4-17H2,1-3H3;4H,2-3,5-6H2,1H3;2H,1H3;2,4H,1,3H2. The molecule has 0 radical (unpaired) electrons. The molecule has 0 aromatic carbocycles. The van der Waals surface area contributed by atoms with E-state index in [0.717, 1.165) is 38.5 Å². The predicted molar refractivity (Wildman–Crippen MR) is 197 cm³/mol. The summed E-state index contributed by atoms with van der Waals surface area (Å²) >= 11 is 10.0. The summed E-state index contributed by atoms with van der Waals surface area (Å²) in [6.45, 7) is 13.6. The van der Waals surface area contributed by atoms with Gasteiger partial charge < -0.3 is 39.0 Å². The van der Waals surface area contributed by atoms with Crippen LogP contribution >= 0.6 is 23.2 Å². The summed E-state index contributed by atoms with van der Waals surface area (Å²) in [5, 5.41) is 26.1. The average molecular weight is 776 g/mol. The van der Waals surface area contributed by atoms with Crippen molar-refractivity contribution in [3.63, 3.8) is 0 Å². The molecule has 0 amide bonds. The minimum Gasteiger partial charge on any atom is -0.469 e. The Bertz CT molecular complexity index is 864. The predicted octanol–water partition coefficient (Wildman–Crippen LogP) is 5.66. The van der Waals surface area contributed by atoms with Crippen molar-refractivity contribution < 1.29 is 63.0 Å². The van der Waals surface area contributed by atoms with Gasteiger partial charge in [0.1, 0.15) is 0 Å². The largest absolute Gasteiger partial charge is 0.469 e. The van der Waals surface area contributed by atoms with Crippen molar-refractivity contribution in [1.82, 2.24) is 0 Å². The zero-order valence-electron chi connectivity index (χ0n) is 31.3. The molecule has 0 bridgehead atoms. The average Bonchev–Trinajstić information content (AvgIpc) is 3.14. The molecule has 51 heavy (non-hydrogen) atoms. The van der Waals surface area contributed by atoms with Crippen LogP contribution in [0.15, 0.2) is 25.3 Å². The fourth-order valence-corrected chi connectivity index (χ4v) is 3.99. The van der Waals surface area contributed by atoms with Crippen LogP contribution in [0.5, 0.6) is 0 Å². The highest BCUT2D eigenvalue weighted by atomic mass is 35.5. The molecule has 0 aliphatic heterocycles. The number of carbonyl (C=O) groups excluding carboxylic acids is 5. The number of hydrogen-bond donors (Lipinski definition) is 3. The third-order valence-electron chi connectivity index (χ3n) is 6.66. The maximum atomic E-state index is 12.6. The second kappa shape index (κ2) is 41.7. The molecular weight excluding hydrogens is 711 g/mol. The molecule has 3 N–H and O–H groups in total. The van der Waals surface area contributed by atoms with E-state index in [9.17, 15) is 34.2 Å². The van der Waals surface area contributed by atoms with E-state index in [2.05, 4.69) is 22.6 Å². The number of ether oxygens (including phenoxy) is 5. The Balaban J connectivity index is -0.000000444. The monoisotopic (exact) mass is 774 g/mol. The molecule has 0 aromatic rings. The zero-order valence-corrected chi connectivity index (χ0v) is 32.8. The van der Waals surface area contributed by atoms with E-state index in [0.29, 0.717) is 45.5 Å². The van der Waals surface area contributed by atoms with Crippen LogP contribution in [-0.2, 0) is 47.7 Å². The summed E-state index contributed by atoms with van der Waals surface area (Å²) in [5.41, 5.74) is 0. The minimum atomic E-state index is -1.05. The Morgan fingerprint density at radius 3 is 1.24 bits per heavy atom. The molecule has 0 rings (SSSR count). The number of halogens is 2. The van der Waals surface area contributed by atoms with Gasteiger partial charge in [-0.05, 0) is 57.8 Å². The van der Waals surface area contributed by atoms with E-state index in [4.69, 9.17) is 42.5 Å². The van der Waals surface area contributed by atoms with Crippen LogP contribution < -0.4 is 0 Å². The third kappa shape index (κ3) is 36.9. The zero-order chi connectivity index (χ0) is 39.9. The van der Waals surface area contributed by atoms with Crippen molar-refractivity contribution in [1.29, 1.82) is 0 Å². The van der Waals surface area contributed by atoms with E-state index in [1.165, 1.54) is 26.4 Å². The van der Waals surface area contributed by atoms with E-state index in [1.54, 1.807) is 0 Å². The van der Waals surface area contributed by atoms with Gasteiger partial charge in [-0.25, -0.2) is 9.59 Å². The highest BCUT2D eigenvalue weighted by molar-refractivity contribution is 6.52. The van der Waals surface area contributed by atoms with Gasteiger partial charge in [0, 0.05) is 19.3 Å². The fourth-order valence-electron chi connectivity index (χ4n) is 3.82. The summed E-state index contributed by atoms with van der Waals surface area (Å²) in [6.07, 6.45) is 9.83. The van der Waals surface area contributed by atoms with Gasteiger partial charge in [0.15, 0.2) is 0 Å². The van der Waals surface area contributed by atoms with Crippen molar-refractivity contribution >= 4 is 53.0 Å². The first-order valence-corrected chi connectivity index (χ1v) is 18.2. The lowest BCUT2D eigenvalue weighted by Gasteiger charge is -2.24. The van der Waals surface area contributed by atoms with Crippen LogP contribution in [0, 0.1) is 17.8 Å². The van der Waals surface area contributed by atoms with Crippen LogP contribution in [0.25, 0.3) is 0 Å². The quantitative estimate of drug-likeness (QED) is 0.0257. The van der Waals surface area contributed by atoms with Crippen molar-refractivity contribution in [3.05, 3.63) is 25.3 Å². The van der Waals surface area contributed by atoms with Crippen LogP contribution in [0.3, 0.4) is 0 Å². The van der Waals surface area contributed by atoms with Gasteiger partial charge >= 0.3 is 29.8 Å². The maximum absolute atomic E-state index is 12.6. The van der Waals surface area contributed by atoms with Crippen LogP contribution in [0.1, 0.15) is 97.8 Å². The molecule has 0 saturated heterocycles. The SMILES string of the molecule is C=CC(=O)OCCCC.C=CCO.CCCCOC(=O)C(CCCO)CC(CC(CCCO)C(=O)OCCCC)C(=O)OC.COC(=O)C(Cl)Cl. The van der Waals surface area contributed by atoms with Gasteiger partial charge in [0.25, 0.3) is 0 Å². The number of aliphatic hydroxyl groups excluding tert-OH is 3. The number of rotatable bonds is 25. The van der Waals surface area contributed by atoms with Crippen molar-refractivity contribution in [2.45, 2.75) is 103 Å². The molecule has 0 aliphatic carbocycles. The number of aliphatic hydroxyl groups is 3. The molecule has 2 unspecified atom stereocenters. The molecule has 0 heterocycles. The maximum Gasteiger partial charge on any atom is 0.339 e. The molecule has 13 nitrogen and oxygen atoms in total. The Kier molecular flexibility index (Phi) is 45.0. The molecule has 0 spiro atoms. The normalized spacial score (nSPS) is 11.7. The minimum absolute atomic E-state index is 0.0650. The summed E-state index contributed by atoms with van der Waals surface area (Å²) in [5.74, 6) is -4.06. The smallest absolute Gasteiger partial charge is 0.339 e.